The Kier molecular flexibility index (Phi) is 5.07. The summed E-state index contributed by atoms with van der Waals surface area (Å²) in [6, 6.07) is 16.3. The van der Waals surface area contributed by atoms with Gasteiger partial charge in [-0.3, -0.25) is 4.90 Å². The maximum Gasteiger partial charge on any atom is 0.241 e. The van der Waals surface area contributed by atoms with Gasteiger partial charge in [-0.15, -0.1) is 0 Å². The molecule has 0 bridgehead atoms. The summed E-state index contributed by atoms with van der Waals surface area (Å²) in [6.07, 6.45) is 2.28. The molecule has 1 fully saturated rings. The van der Waals surface area contributed by atoms with Crippen LogP contribution in [0.5, 0.6) is 11.5 Å². The maximum absolute atomic E-state index is 5.52. The molecule has 2 aromatic carbocycles. The Morgan fingerprint density at radius 1 is 1.07 bits per heavy atom. The van der Waals surface area contributed by atoms with E-state index in [-0.39, 0.29) is 0 Å². The molecule has 0 spiro atoms. The normalized spacial score (nSPS) is 17.2. The summed E-state index contributed by atoms with van der Waals surface area (Å²) in [5.74, 6) is 2.79. The molecule has 0 amide bonds. The average Bonchev–Trinajstić information content (AvgIpc) is 3.38. The highest BCUT2D eigenvalue weighted by molar-refractivity contribution is 5.63. The van der Waals surface area contributed by atoms with Crippen LogP contribution in [0.25, 0.3) is 11.4 Å². The fourth-order valence-electron chi connectivity index (χ4n) is 3.65. The molecule has 1 saturated heterocycles. The molecular formula is C21H23N3O3. The molecule has 6 heteroatoms. The Labute approximate surface area is 158 Å². The number of hydrogen-bond donors (Lipinski definition) is 0. The minimum atomic E-state index is 0.359. The van der Waals surface area contributed by atoms with Crippen molar-refractivity contribution in [3.8, 4) is 22.9 Å². The summed E-state index contributed by atoms with van der Waals surface area (Å²) >= 11 is 0. The first-order valence-electron chi connectivity index (χ1n) is 9.12. The Bertz CT molecular complexity index is 892. The van der Waals surface area contributed by atoms with Crippen molar-refractivity contribution in [1.82, 2.24) is 15.0 Å². The van der Waals surface area contributed by atoms with Gasteiger partial charge in [0.05, 0.1) is 26.3 Å². The molecule has 27 heavy (non-hydrogen) atoms. The van der Waals surface area contributed by atoms with Gasteiger partial charge in [0.15, 0.2) is 0 Å². The Morgan fingerprint density at radius 2 is 1.89 bits per heavy atom. The number of rotatable bonds is 6. The molecule has 0 radical (unpaired) electrons. The van der Waals surface area contributed by atoms with Gasteiger partial charge >= 0.3 is 0 Å². The molecule has 1 aliphatic heterocycles. The Morgan fingerprint density at radius 3 is 2.67 bits per heavy atom. The molecule has 0 N–H and O–H groups in total. The lowest BCUT2D eigenvalue weighted by Crippen LogP contribution is -2.22. The van der Waals surface area contributed by atoms with Crippen LogP contribution in [-0.4, -0.2) is 35.8 Å². The fraction of sp³-hybridized carbons (Fsp3) is 0.333. The third-order valence-corrected chi connectivity index (χ3v) is 5.02. The zero-order valence-corrected chi connectivity index (χ0v) is 15.6. The van der Waals surface area contributed by atoms with Gasteiger partial charge in [0, 0.05) is 6.04 Å². The number of hydrogen-bond acceptors (Lipinski definition) is 6. The number of aromatic nitrogens is 2. The van der Waals surface area contributed by atoms with Crippen LogP contribution in [0.4, 0.5) is 0 Å². The first-order valence-corrected chi connectivity index (χ1v) is 9.12. The summed E-state index contributed by atoms with van der Waals surface area (Å²) in [6.45, 7) is 1.65. The first kappa shape index (κ1) is 17.5. The highest BCUT2D eigenvalue weighted by atomic mass is 16.5. The summed E-state index contributed by atoms with van der Waals surface area (Å²) in [5.41, 5.74) is 2.13. The minimum absolute atomic E-state index is 0.359. The second kappa shape index (κ2) is 7.80. The smallest absolute Gasteiger partial charge is 0.241 e. The van der Waals surface area contributed by atoms with Crippen LogP contribution in [0.2, 0.25) is 0 Å². The number of nitrogens with zero attached hydrogens (tertiary/aromatic N) is 3. The molecule has 1 aromatic heterocycles. The van der Waals surface area contributed by atoms with Crippen LogP contribution in [0.1, 0.15) is 30.3 Å². The largest absolute Gasteiger partial charge is 0.497 e. The van der Waals surface area contributed by atoms with E-state index < -0.39 is 0 Å². The molecule has 0 saturated carbocycles. The van der Waals surface area contributed by atoms with Gasteiger partial charge in [-0.25, -0.2) is 0 Å². The van der Waals surface area contributed by atoms with Crippen LogP contribution in [-0.2, 0) is 6.54 Å². The maximum atomic E-state index is 5.52. The average molecular weight is 365 g/mol. The van der Waals surface area contributed by atoms with E-state index in [1.165, 1.54) is 5.56 Å². The summed E-state index contributed by atoms with van der Waals surface area (Å²) < 4.78 is 16.2. The molecule has 0 aliphatic carbocycles. The quantitative estimate of drug-likeness (QED) is 0.656. The van der Waals surface area contributed by atoms with E-state index in [1.807, 2.05) is 36.4 Å². The van der Waals surface area contributed by atoms with Crippen molar-refractivity contribution >= 4 is 0 Å². The van der Waals surface area contributed by atoms with Crippen LogP contribution >= 0.6 is 0 Å². The summed E-state index contributed by atoms with van der Waals surface area (Å²) in [5, 5.41) is 4.15. The van der Waals surface area contributed by atoms with E-state index in [2.05, 4.69) is 27.2 Å². The molecule has 1 aliphatic rings. The third-order valence-electron chi connectivity index (χ3n) is 5.02. The van der Waals surface area contributed by atoms with Crippen molar-refractivity contribution < 1.29 is 14.0 Å². The Balaban J connectivity index is 1.51. The predicted molar refractivity (Wildman–Crippen MR) is 102 cm³/mol. The SMILES string of the molecule is COc1ccc([C@@H]2CCCN2Cc2nc(-c3ccccc3OC)no2)cc1. The van der Waals surface area contributed by atoms with Crippen molar-refractivity contribution in [1.29, 1.82) is 0 Å². The van der Waals surface area contributed by atoms with Gasteiger partial charge in [-0.05, 0) is 49.2 Å². The van der Waals surface area contributed by atoms with Crippen molar-refractivity contribution in [3.05, 3.63) is 60.0 Å². The second-order valence-corrected chi connectivity index (χ2v) is 6.61. The zero-order valence-electron chi connectivity index (χ0n) is 15.6. The highest BCUT2D eigenvalue weighted by Gasteiger charge is 2.27. The number of para-hydroxylation sites is 1. The van der Waals surface area contributed by atoms with Crippen molar-refractivity contribution in [2.45, 2.75) is 25.4 Å². The van der Waals surface area contributed by atoms with E-state index in [4.69, 9.17) is 14.0 Å². The van der Waals surface area contributed by atoms with Gasteiger partial charge in [0.25, 0.3) is 0 Å². The lowest BCUT2D eigenvalue weighted by atomic mass is 10.0. The van der Waals surface area contributed by atoms with Crippen LogP contribution < -0.4 is 9.47 Å². The number of likely N-dealkylation sites (tertiary alicyclic amines) is 1. The molecule has 1 atom stereocenters. The van der Waals surface area contributed by atoms with E-state index in [9.17, 15) is 0 Å². The third kappa shape index (κ3) is 3.66. The van der Waals surface area contributed by atoms with Crippen LogP contribution in [0, 0.1) is 0 Å². The van der Waals surface area contributed by atoms with Crippen LogP contribution in [0.3, 0.4) is 0 Å². The number of methoxy groups -OCH3 is 2. The van der Waals surface area contributed by atoms with Gasteiger partial charge in [-0.2, -0.15) is 4.98 Å². The predicted octanol–water partition coefficient (Wildman–Crippen LogP) is 4.09. The van der Waals surface area contributed by atoms with Gasteiger partial charge < -0.3 is 14.0 Å². The number of ether oxygens (including phenoxy) is 2. The molecule has 0 unspecified atom stereocenters. The molecule has 6 nitrogen and oxygen atoms in total. The Hall–Kier alpha value is -2.86. The highest BCUT2D eigenvalue weighted by Crippen LogP contribution is 2.34. The molecular weight excluding hydrogens is 342 g/mol. The molecule has 140 valence electrons. The lowest BCUT2D eigenvalue weighted by molar-refractivity contribution is 0.212. The van der Waals surface area contributed by atoms with Gasteiger partial charge in [0.1, 0.15) is 11.5 Å². The van der Waals surface area contributed by atoms with Crippen molar-refractivity contribution in [3.63, 3.8) is 0 Å². The monoisotopic (exact) mass is 365 g/mol. The van der Waals surface area contributed by atoms with Crippen molar-refractivity contribution in [2.75, 3.05) is 20.8 Å². The van der Waals surface area contributed by atoms with E-state index in [0.717, 1.165) is 36.4 Å². The molecule has 2 heterocycles. The first-order chi connectivity index (χ1) is 13.3. The van der Waals surface area contributed by atoms with E-state index in [1.54, 1.807) is 14.2 Å². The minimum Gasteiger partial charge on any atom is -0.497 e. The van der Waals surface area contributed by atoms with Gasteiger partial charge in [0.2, 0.25) is 11.7 Å². The zero-order chi connectivity index (χ0) is 18.6. The second-order valence-electron chi connectivity index (χ2n) is 6.61. The fourth-order valence-corrected chi connectivity index (χ4v) is 3.65. The van der Waals surface area contributed by atoms with E-state index >= 15 is 0 Å². The molecule has 4 rings (SSSR count). The number of benzene rings is 2. The summed E-state index contributed by atoms with van der Waals surface area (Å²) in [7, 11) is 3.33. The van der Waals surface area contributed by atoms with Crippen molar-refractivity contribution in [2.24, 2.45) is 0 Å². The summed E-state index contributed by atoms with van der Waals surface area (Å²) in [4.78, 5) is 6.98. The standard InChI is InChI=1S/C21H23N3O3/c1-25-16-11-9-15(10-12-16)18-7-5-13-24(18)14-20-22-21(23-27-20)17-6-3-4-8-19(17)26-2/h3-4,6,8-12,18H,5,7,13-14H2,1-2H3/t18-/m0/s1. The topological polar surface area (TPSA) is 60.6 Å². The lowest BCUT2D eigenvalue weighted by Gasteiger charge is -2.23. The molecule has 3 aromatic rings. The van der Waals surface area contributed by atoms with Crippen LogP contribution in [0.15, 0.2) is 53.1 Å². The van der Waals surface area contributed by atoms with Gasteiger partial charge in [-0.1, -0.05) is 29.4 Å². The van der Waals surface area contributed by atoms with E-state index in [0.29, 0.717) is 24.3 Å².